The van der Waals surface area contributed by atoms with E-state index in [1.807, 2.05) is 0 Å². The molecule has 0 amide bonds. The van der Waals surface area contributed by atoms with Gasteiger partial charge in [0.15, 0.2) is 0 Å². The largest absolute Gasteiger partial charge is 0.315 e. The molecule has 0 bridgehead atoms. The van der Waals surface area contributed by atoms with Crippen LogP contribution in [0.5, 0.6) is 0 Å². The van der Waals surface area contributed by atoms with Gasteiger partial charge in [-0.05, 0) is 31.5 Å². The van der Waals surface area contributed by atoms with Gasteiger partial charge in [0.2, 0.25) is 0 Å². The fraction of sp³-hybridized carbons (Fsp3) is 0.600. The lowest BCUT2D eigenvalue weighted by Crippen LogP contribution is -2.32. The number of hydrogen-bond donors (Lipinski definition) is 1. The number of hydrogen-bond acceptors (Lipinski definition) is 2. The van der Waals surface area contributed by atoms with Crippen molar-refractivity contribution in [3.05, 3.63) is 35.9 Å². The molecule has 0 spiro atoms. The number of nitrogens with one attached hydrogen (secondary N) is 1. The van der Waals surface area contributed by atoms with Crippen molar-refractivity contribution in [2.75, 3.05) is 33.2 Å². The molecule has 0 radical (unpaired) electrons. The van der Waals surface area contributed by atoms with Crippen molar-refractivity contribution in [1.29, 1.82) is 0 Å². The van der Waals surface area contributed by atoms with Crippen LogP contribution < -0.4 is 5.32 Å². The van der Waals surface area contributed by atoms with Gasteiger partial charge in [0.25, 0.3) is 0 Å². The maximum absolute atomic E-state index is 3.44. The van der Waals surface area contributed by atoms with Crippen molar-refractivity contribution < 1.29 is 0 Å². The summed E-state index contributed by atoms with van der Waals surface area (Å²) in [6.07, 6.45) is 1.21. The van der Waals surface area contributed by atoms with Crippen LogP contribution in [0.25, 0.3) is 0 Å². The summed E-state index contributed by atoms with van der Waals surface area (Å²) in [5.41, 5.74) is 1.43. The Bertz CT molecular complexity index is 284. The zero-order chi connectivity index (χ0) is 12.5. The Kier molecular flexibility index (Phi) is 6.90. The van der Waals surface area contributed by atoms with Crippen LogP contribution in [0.15, 0.2) is 30.3 Å². The Balaban J connectivity index is 2.24. The molecule has 0 aliphatic heterocycles. The molecule has 0 saturated heterocycles. The smallest absolute Gasteiger partial charge is 0.0104 e. The highest BCUT2D eigenvalue weighted by atomic mass is 15.1. The quantitative estimate of drug-likeness (QED) is 0.696. The Labute approximate surface area is 106 Å². The van der Waals surface area contributed by atoms with E-state index >= 15 is 0 Å². The van der Waals surface area contributed by atoms with Crippen LogP contribution in [0, 0.1) is 0 Å². The highest BCUT2D eigenvalue weighted by molar-refractivity contribution is 5.18. The monoisotopic (exact) mass is 234 g/mol. The molecule has 1 atom stereocenters. The number of likely N-dealkylation sites (N-methyl/N-ethyl adjacent to an activating group) is 1. The van der Waals surface area contributed by atoms with Gasteiger partial charge in [-0.1, -0.05) is 44.2 Å². The molecule has 1 unspecified atom stereocenters. The Morgan fingerprint density at radius 1 is 1.18 bits per heavy atom. The molecule has 1 N–H and O–H groups in total. The minimum atomic E-state index is 0.604. The molecule has 1 aromatic rings. The molecule has 17 heavy (non-hydrogen) atoms. The fourth-order valence-corrected chi connectivity index (χ4v) is 2.02. The third-order valence-corrected chi connectivity index (χ3v) is 3.05. The maximum Gasteiger partial charge on any atom is 0.0104 e. The highest BCUT2D eigenvalue weighted by Crippen LogP contribution is 2.14. The van der Waals surface area contributed by atoms with Crippen LogP contribution in [-0.2, 0) is 0 Å². The van der Waals surface area contributed by atoms with Crippen LogP contribution in [0.3, 0.4) is 0 Å². The van der Waals surface area contributed by atoms with E-state index in [0.717, 1.165) is 26.2 Å². The highest BCUT2D eigenvalue weighted by Gasteiger charge is 2.07. The van der Waals surface area contributed by atoms with E-state index in [2.05, 4.69) is 61.4 Å². The van der Waals surface area contributed by atoms with Gasteiger partial charge in [-0.3, -0.25) is 0 Å². The second kappa shape index (κ2) is 8.26. The van der Waals surface area contributed by atoms with E-state index in [9.17, 15) is 0 Å². The number of rotatable bonds is 8. The van der Waals surface area contributed by atoms with E-state index in [-0.39, 0.29) is 0 Å². The zero-order valence-electron chi connectivity index (χ0n) is 11.4. The van der Waals surface area contributed by atoms with Gasteiger partial charge in [0.1, 0.15) is 0 Å². The summed E-state index contributed by atoms with van der Waals surface area (Å²) in [6, 6.07) is 10.7. The molecule has 2 nitrogen and oxygen atoms in total. The van der Waals surface area contributed by atoms with Gasteiger partial charge < -0.3 is 10.2 Å². The van der Waals surface area contributed by atoms with Crippen molar-refractivity contribution in [3.8, 4) is 0 Å². The average Bonchev–Trinajstić information content (AvgIpc) is 2.36. The second-order valence-corrected chi connectivity index (χ2v) is 4.82. The van der Waals surface area contributed by atoms with Gasteiger partial charge in [-0.25, -0.2) is 0 Å². The van der Waals surface area contributed by atoms with E-state index < -0.39 is 0 Å². The van der Waals surface area contributed by atoms with E-state index in [4.69, 9.17) is 0 Å². The predicted molar refractivity (Wildman–Crippen MR) is 75.5 cm³/mol. The molecule has 0 aliphatic carbocycles. The lowest BCUT2D eigenvalue weighted by molar-refractivity contribution is 0.315. The van der Waals surface area contributed by atoms with Crippen LogP contribution in [0.4, 0.5) is 0 Å². The minimum Gasteiger partial charge on any atom is -0.315 e. The van der Waals surface area contributed by atoms with Crippen molar-refractivity contribution in [2.45, 2.75) is 26.2 Å². The molecule has 0 fully saturated rings. The predicted octanol–water partition coefficient (Wildman–Crippen LogP) is 2.72. The second-order valence-electron chi connectivity index (χ2n) is 4.82. The summed E-state index contributed by atoms with van der Waals surface area (Å²) >= 11 is 0. The van der Waals surface area contributed by atoms with Gasteiger partial charge in [-0.2, -0.15) is 0 Å². The first kappa shape index (κ1) is 14.2. The van der Waals surface area contributed by atoms with Crippen molar-refractivity contribution in [2.24, 2.45) is 0 Å². The lowest BCUT2D eigenvalue weighted by atomic mass is 10.0. The van der Waals surface area contributed by atoms with E-state index in [0.29, 0.717) is 5.92 Å². The zero-order valence-corrected chi connectivity index (χ0v) is 11.4. The minimum absolute atomic E-state index is 0.604. The lowest BCUT2D eigenvalue weighted by Gasteiger charge is -2.21. The SMILES string of the molecule is CCCNCCN(C)CC(C)c1ccccc1. The van der Waals surface area contributed by atoms with Crippen molar-refractivity contribution >= 4 is 0 Å². The Morgan fingerprint density at radius 3 is 2.53 bits per heavy atom. The van der Waals surface area contributed by atoms with E-state index in [1.54, 1.807) is 0 Å². The third kappa shape index (κ3) is 5.85. The van der Waals surface area contributed by atoms with Crippen molar-refractivity contribution in [1.82, 2.24) is 10.2 Å². The summed E-state index contributed by atoms with van der Waals surface area (Å²) in [7, 11) is 2.20. The average molecular weight is 234 g/mol. The van der Waals surface area contributed by atoms with Crippen LogP contribution in [-0.4, -0.2) is 38.1 Å². The number of benzene rings is 1. The molecular weight excluding hydrogens is 208 g/mol. The van der Waals surface area contributed by atoms with Crippen LogP contribution in [0.2, 0.25) is 0 Å². The summed E-state index contributed by atoms with van der Waals surface area (Å²) < 4.78 is 0. The molecule has 2 heteroatoms. The summed E-state index contributed by atoms with van der Waals surface area (Å²) in [5.74, 6) is 0.604. The maximum atomic E-state index is 3.44. The van der Waals surface area contributed by atoms with Crippen LogP contribution >= 0.6 is 0 Å². The van der Waals surface area contributed by atoms with Crippen LogP contribution in [0.1, 0.15) is 31.7 Å². The van der Waals surface area contributed by atoms with Gasteiger partial charge in [0.05, 0.1) is 0 Å². The molecule has 0 heterocycles. The molecule has 96 valence electrons. The third-order valence-electron chi connectivity index (χ3n) is 3.05. The molecule has 1 rings (SSSR count). The number of nitrogens with zero attached hydrogens (tertiary/aromatic N) is 1. The van der Waals surface area contributed by atoms with Gasteiger partial charge in [-0.15, -0.1) is 0 Å². The topological polar surface area (TPSA) is 15.3 Å². The molecule has 0 aromatic heterocycles. The Morgan fingerprint density at radius 2 is 1.88 bits per heavy atom. The van der Waals surface area contributed by atoms with E-state index in [1.165, 1.54) is 12.0 Å². The fourth-order valence-electron chi connectivity index (χ4n) is 2.02. The summed E-state index contributed by atoms with van der Waals surface area (Å²) in [6.45, 7) is 8.96. The summed E-state index contributed by atoms with van der Waals surface area (Å²) in [5, 5.41) is 3.44. The Hall–Kier alpha value is -0.860. The normalized spacial score (nSPS) is 12.9. The first-order chi connectivity index (χ1) is 8.24. The first-order valence-corrected chi connectivity index (χ1v) is 6.68. The molecule has 1 aromatic carbocycles. The molecular formula is C15H26N2. The standard InChI is InChI=1S/C15H26N2/c1-4-10-16-11-12-17(3)13-14(2)15-8-6-5-7-9-15/h5-9,14,16H,4,10-13H2,1-3H3. The molecule has 0 saturated carbocycles. The van der Waals surface area contributed by atoms with Gasteiger partial charge >= 0.3 is 0 Å². The van der Waals surface area contributed by atoms with Crippen molar-refractivity contribution in [3.63, 3.8) is 0 Å². The molecule has 0 aliphatic rings. The summed E-state index contributed by atoms with van der Waals surface area (Å²) in [4.78, 5) is 2.40. The van der Waals surface area contributed by atoms with Gasteiger partial charge in [0, 0.05) is 19.6 Å². The first-order valence-electron chi connectivity index (χ1n) is 6.68.